The molecule has 178 valence electrons. The Balaban J connectivity index is 1.78. The molecule has 6 nitrogen and oxygen atoms in total. The number of aliphatic hydroxyl groups is 2. The molecule has 2 aliphatic heterocycles. The monoisotopic (exact) mass is 557 g/mol. The number of carbonyl (C=O) groups excluding carboxylic acids is 1. The molecule has 1 aromatic carbocycles. The van der Waals surface area contributed by atoms with E-state index in [-0.39, 0.29) is 18.3 Å². The van der Waals surface area contributed by atoms with Crippen molar-refractivity contribution in [1.82, 2.24) is 4.90 Å². The number of ether oxygens (including phenoxy) is 1. The minimum atomic E-state index is -0.796. The number of halogens is 1. The number of benzene rings is 1. The molecule has 0 bridgehead atoms. The van der Waals surface area contributed by atoms with Crippen LogP contribution in [0.3, 0.4) is 0 Å². The summed E-state index contributed by atoms with van der Waals surface area (Å²) in [5, 5.41) is 30.5. The topological polar surface area (TPSA) is 90.2 Å². The van der Waals surface area contributed by atoms with Gasteiger partial charge in [-0.15, -0.1) is 0 Å². The quantitative estimate of drug-likeness (QED) is 0.224. The molecule has 0 aliphatic carbocycles. The van der Waals surface area contributed by atoms with Crippen molar-refractivity contribution >= 4 is 28.5 Å². The van der Waals surface area contributed by atoms with Gasteiger partial charge in [0, 0.05) is 34.6 Å². The first-order valence-corrected chi connectivity index (χ1v) is 12.9. The zero-order valence-corrected chi connectivity index (χ0v) is 21.5. The van der Waals surface area contributed by atoms with Crippen LogP contribution in [0.25, 0.3) is 0 Å². The van der Waals surface area contributed by atoms with Gasteiger partial charge in [-0.1, -0.05) is 41.2 Å². The maximum absolute atomic E-state index is 13.0. The molecule has 0 spiro atoms. The van der Waals surface area contributed by atoms with Crippen molar-refractivity contribution in [3.63, 3.8) is 0 Å². The third-order valence-corrected chi connectivity index (χ3v) is 7.28. The van der Waals surface area contributed by atoms with E-state index >= 15 is 0 Å². The van der Waals surface area contributed by atoms with Crippen LogP contribution in [0.4, 0.5) is 0 Å². The molecule has 2 unspecified atom stereocenters. The van der Waals surface area contributed by atoms with Crippen LogP contribution < -0.4 is 4.74 Å². The highest BCUT2D eigenvalue weighted by molar-refractivity contribution is 14.1. The lowest BCUT2D eigenvalue weighted by molar-refractivity contribution is -0.0599. The Bertz CT molecular complexity index is 868. The normalized spacial score (nSPS) is 23.7. The van der Waals surface area contributed by atoms with Gasteiger partial charge in [0.2, 0.25) is 0 Å². The molecule has 32 heavy (non-hydrogen) atoms. The summed E-state index contributed by atoms with van der Waals surface area (Å²) in [5.41, 5.74) is 2.36. The first-order valence-electron chi connectivity index (χ1n) is 11.6. The number of hydrogen-bond acceptors (Lipinski definition) is 5. The van der Waals surface area contributed by atoms with Crippen LogP contribution in [0.15, 0.2) is 17.7 Å². The van der Waals surface area contributed by atoms with Gasteiger partial charge in [0.25, 0.3) is 5.91 Å². The summed E-state index contributed by atoms with van der Waals surface area (Å²) >= 11 is 2.40. The fourth-order valence-electron chi connectivity index (χ4n) is 4.57. The molecule has 7 heteroatoms. The number of alkyl halides is 1. The first-order chi connectivity index (χ1) is 15.2. The predicted octanol–water partition coefficient (Wildman–Crippen LogP) is 4.51. The highest BCUT2D eigenvalue weighted by Gasteiger charge is 2.44. The standard InChI is InChI=1S/C25H36INO5/c1-16(8-6-12-28)7-4-10-25(3)22(30)14-19-21(29)13-18-20(23(19)32-25)15-27(24(18)31)11-5-9-17(2)26/h7,13,17,22,28-30H,4-6,8-12,14-15H2,1-3H3/b16-7+/t17-,22?,25?/m1/s1. The van der Waals surface area contributed by atoms with Gasteiger partial charge in [-0.2, -0.15) is 0 Å². The van der Waals surface area contributed by atoms with E-state index in [4.69, 9.17) is 9.84 Å². The molecule has 0 fully saturated rings. The molecule has 3 atom stereocenters. The second kappa shape index (κ2) is 10.7. The molecule has 1 aromatic rings. The van der Waals surface area contributed by atoms with E-state index in [1.807, 2.05) is 11.8 Å². The van der Waals surface area contributed by atoms with Crippen LogP contribution in [0.5, 0.6) is 11.5 Å². The molecule has 0 saturated heterocycles. The van der Waals surface area contributed by atoms with Gasteiger partial charge < -0.3 is 25.0 Å². The predicted molar refractivity (Wildman–Crippen MR) is 134 cm³/mol. The fourth-order valence-corrected chi connectivity index (χ4v) is 5.01. The van der Waals surface area contributed by atoms with Crippen molar-refractivity contribution in [2.45, 2.75) is 87.9 Å². The number of allylic oxidation sites excluding steroid dienone is 2. The van der Waals surface area contributed by atoms with Crippen molar-refractivity contribution in [2.24, 2.45) is 0 Å². The average Bonchev–Trinajstić information content (AvgIpc) is 3.03. The summed E-state index contributed by atoms with van der Waals surface area (Å²) < 4.78 is 6.96. The highest BCUT2D eigenvalue weighted by atomic mass is 127. The summed E-state index contributed by atoms with van der Waals surface area (Å²) in [4.78, 5) is 14.8. The number of hydrogen-bond donors (Lipinski definition) is 3. The van der Waals surface area contributed by atoms with Crippen LogP contribution in [0.2, 0.25) is 0 Å². The van der Waals surface area contributed by atoms with E-state index in [0.29, 0.717) is 46.7 Å². The maximum Gasteiger partial charge on any atom is 0.254 e. The molecular formula is C25H36INO5. The second-order valence-corrected chi connectivity index (χ2v) is 11.6. The molecule has 3 rings (SSSR count). The molecule has 2 aliphatic rings. The van der Waals surface area contributed by atoms with Crippen LogP contribution in [0.1, 0.15) is 80.8 Å². The van der Waals surface area contributed by atoms with Crippen molar-refractivity contribution in [3.05, 3.63) is 34.4 Å². The SMILES string of the molecule is C/C(=C\CCC1(C)Oc2c(c(O)cc3c2CN(CCC[C@@H](C)I)C3=O)CC1O)CCCO. The summed E-state index contributed by atoms with van der Waals surface area (Å²) in [7, 11) is 0. The van der Waals surface area contributed by atoms with Crippen molar-refractivity contribution in [2.75, 3.05) is 13.2 Å². The fraction of sp³-hybridized carbons (Fsp3) is 0.640. The van der Waals surface area contributed by atoms with Crippen LogP contribution in [-0.4, -0.2) is 54.9 Å². The minimum Gasteiger partial charge on any atom is -0.508 e. The molecule has 3 N–H and O–H groups in total. The van der Waals surface area contributed by atoms with Crippen molar-refractivity contribution < 1.29 is 24.9 Å². The van der Waals surface area contributed by atoms with Gasteiger partial charge in [0.05, 0.1) is 18.2 Å². The van der Waals surface area contributed by atoms with Gasteiger partial charge in [-0.3, -0.25) is 4.79 Å². The van der Waals surface area contributed by atoms with E-state index < -0.39 is 11.7 Å². The number of phenols is 1. The maximum atomic E-state index is 13.0. The number of fused-ring (bicyclic) bond motifs is 3. The summed E-state index contributed by atoms with van der Waals surface area (Å²) in [5.74, 6) is 0.542. The zero-order valence-electron chi connectivity index (χ0n) is 19.4. The van der Waals surface area contributed by atoms with Crippen molar-refractivity contribution in [3.8, 4) is 11.5 Å². The van der Waals surface area contributed by atoms with E-state index in [1.54, 1.807) is 6.07 Å². The van der Waals surface area contributed by atoms with Gasteiger partial charge in [0.15, 0.2) is 0 Å². The number of aliphatic hydroxyl groups excluding tert-OH is 2. The van der Waals surface area contributed by atoms with Gasteiger partial charge in [0.1, 0.15) is 17.1 Å². The van der Waals surface area contributed by atoms with Crippen LogP contribution in [0, 0.1) is 0 Å². The third-order valence-electron chi connectivity index (χ3n) is 6.66. The number of rotatable bonds is 10. The first kappa shape index (κ1) is 25.3. The Morgan fingerprint density at radius 1 is 1.41 bits per heavy atom. The summed E-state index contributed by atoms with van der Waals surface area (Å²) in [6.07, 6.45) is 6.67. The van der Waals surface area contributed by atoms with Crippen molar-refractivity contribution in [1.29, 1.82) is 0 Å². The Hall–Kier alpha value is -1.32. The van der Waals surface area contributed by atoms with Gasteiger partial charge >= 0.3 is 0 Å². The largest absolute Gasteiger partial charge is 0.508 e. The number of amides is 1. The highest BCUT2D eigenvalue weighted by Crippen LogP contribution is 2.46. The third kappa shape index (κ3) is 5.59. The molecule has 2 heterocycles. The molecule has 0 radical (unpaired) electrons. The second-order valence-electron chi connectivity index (χ2n) is 9.43. The number of phenolic OH excluding ortho intramolecular Hbond substituents is 1. The lowest BCUT2D eigenvalue weighted by Gasteiger charge is -2.40. The Kier molecular flexibility index (Phi) is 8.49. The minimum absolute atomic E-state index is 0.0238. The van der Waals surface area contributed by atoms with E-state index in [0.717, 1.165) is 37.7 Å². The zero-order chi connectivity index (χ0) is 23.5. The molecule has 0 aromatic heterocycles. The van der Waals surface area contributed by atoms with Crippen LogP contribution in [-0.2, 0) is 13.0 Å². The molecule has 0 saturated carbocycles. The van der Waals surface area contributed by atoms with Gasteiger partial charge in [-0.25, -0.2) is 0 Å². The number of aromatic hydroxyl groups is 1. The van der Waals surface area contributed by atoms with E-state index in [1.165, 1.54) is 5.57 Å². The summed E-state index contributed by atoms with van der Waals surface area (Å²) in [6, 6.07) is 1.55. The summed E-state index contributed by atoms with van der Waals surface area (Å²) in [6.45, 7) is 7.48. The van der Waals surface area contributed by atoms with Gasteiger partial charge in [-0.05, 0) is 58.4 Å². The Morgan fingerprint density at radius 2 is 2.16 bits per heavy atom. The Labute approximate surface area is 204 Å². The average molecular weight is 557 g/mol. The van der Waals surface area contributed by atoms with E-state index in [9.17, 15) is 15.0 Å². The smallest absolute Gasteiger partial charge is 0.254 e. The number of carbonyl (C=O) groups is 1. The Morgan fingerprint density at radius 3 is 2.84 bits per heavy atom. The molecular weight excluding hydrogens is 521 g/mol. The van der Waals surface area contributed by atoms with Crippen LogP contribution >= 0.6 is 22.6 Å². The number of nitrogens with zero attached hydrogens (tertiary/aromatic N) is 1. The lowest BCUT2D eigenvalue weighted by Crippen LogP contribution is -2.49. The lowest BCUT2D eigenvalue weighted by atomic mass is 9.84. The molecule has 1 amide bonds. The van der Waals surface area contributed by atoms with E-state index in [2.05, 4.69) is 42.5 Å².